The van der Waals surface area contributed by atoms with Crippen LogP contribution in [0, 0.1) is 17.2 Å². The summed E-state index contributed by atoms with van der Waals surface area (Å²) in [6.45, 7) is 16.6. The molecule has 2 unspecified atom stereocenters. The fourth-order valence-electron chi connectivity index (χ4n) is 3.84. The second-order valence-electron chi connectivity index (χ2n) is 8.40. The smallest absolute Gasteiger partial charge is 0.137 e. The van der Waals surface area contributed by atoms with E-state index in [1.54, 1.807) is 11.3 Å². The first kappa shape index (κ1) is 27.1. The van der Waals surface area contributed by atoms with Crippen LogP contribution in [0.3, 0.4) is 0 Å². The van der Waals surface area contributed by atoms with Crippen LogP contribution in [0.25, 0.3) is 10.6 Å². The van der Waals surface area contributed by atoms with Crippen LogP contribution in [0.4, 0.5) is 0 Å². The molecule has 1 aliphatic rings. The van der Waals surface area contributed by atoms with E-state index in [0.29, 0.717) is 29.8 Å². The van der Waals surface area contributed by atoms with E-state index in [-0.39, 0.29) is 6.10 Å². The van der Waals surface area contributed by atoms with Crippen LogP contribution in [0.15, 0.2) is 73.6 Å². The Bertz CT molecular complexity index is 1060. The van der Waals surface area contributed by atoms with Crippen molar-refractivity contribution in [3.8, 4) is 22.4 Å². The van der Waals surface area contributed by atoms with Gasteiger partial charge in [0.25, 0.3) is 0 Å². The number of aromatic nitrogens is 1. The van der Waals surface area contributed by atoms with Gasteiger partial charge in [0.1, 0.15) is 16.8 Å². The van der Waals surface area contributed by atoms with Gasteiger partial charge >= 0.3 is 0 Å². The summed E-state index contributed by atoms with van der Waals surface area (Å²) in [7, 11) is 0. The number of hydrogen-bond donors (Lipinski definition) is 2. The van der Waals surface area contributed by atoms with Crippen LogP contribution >= 0.6 is 11.3 Å². The van der Waals surface area contributed by atoms with Crippen LogP contribution in [-0.4, -0.2) is 23.7 Å². The molecule has 0 saturated heterocycles. The van der Waals surface area contributed by atoms with Gasteiger partial charge in [-0.05, 0) is 56.4 Å². The lowest BCUT2D eigenvalue weighted by molar-refractivity contribution is 0.242. The molecule has 1 saturated carbocycles. The Labute approximate surface area is 208 Å². The van der Waals surface area contributed by atoms with Gasteiger partial charge in [-0.2, -0.15) is 5.26 Å². The van der Waals surface area contributed by atoms with Crippen molar-refractivity contribution in [2.45, 2.75) is 52.2 Å². The van der Waals surface area contributed by atoms with Crippen molar-refractivity contribution >= 4 is 11.3 Å². The molecule has 180 valence electrons. The van der Waals surface area contributed by atoms with Crippen LogP contribution in [0.1, 0.15) is 44.1 Å². The monoisotopic (exact) mass is 476 g/mol. The molecule has 3 N–H and O–H groups in total. The summed E-state index contributed by atoms with van der Waals surface area (Å²) in [5.41, 5.74) is 9.45. The SMILES string of the molecule is C=C.C=C(CN)NC1CCC(C)/C1=C\C=C/Cc1cnc(-c2ccc(OC(C)C)c(C#N)c2)s1. The second-order valence-corrected chi connectivity index (χ2v) is 9.52. The van der Waals surface area contributed by atoms with E-state index >= 15 is 0 Å². The molecule has 2 atom stereocenters. The molecule has 1 aliphatic carbocycles. The quantitative estimate of drug-likeness (QED) is 0.424. The van der Waals surface area contributed by atoms with Crippen molar-refractivity contribution in [3.63, 3.8) is 0 Å². The van der Waals surface area contributed by atoms with E-state index in [1.165, 1.54) is 16.9 Å². The molecule has 5 nitrogen and oxygen atoms in total. The Morgan fingerprint density at radius 3 is 2.82 bits per heavy atom. The summed E-state index contributed by atoms with van der Waals surface area (Å²) in [5.74, 6) is 1.18. The van der Waals surface area contributed by atoms with E-state index in [2.05, 4.69) is 61.3 Å². The predicted molar refractivity (Wildman–Crippen MR) is 144 cm³/mol. The zero-order chi connectivity index (χ0) is 25.1. The van der Waals surface area contributed by atoms with Crippen LogP contribution in [-0.2, 0) is 6.42 Å². The molecule has 1 fully saturated rings. The van der Waals surface area contributed by atoms with Crippen molar-refractivity contribution in [1.29, 1.82) is 5.26 Å². The van der Waals surface area contributed by atoms with Crippen molar-refractivity contribution in [3.05, 3.63) is 84.1 Å². The molecular weight excluding hydrogens is 440 g/mol. The first-order valence-corrected chi connectivity index (χ1v) is 12.4. The van der Waals surface area contributed by atoms with E-state index in [0.717, 1.165) is 29.1 Å². The minimum Gasteiger partial charge on any atom is -0.490 e. The first-order chi connectivity index (χ1) is 16.4. The molecule has 1 heterocycles. The van der Waals surface area contributed by atoms with Gasteiger partial charge in [0.15, 0.2) is 0 Å². The standard InChI is InChI=1S/C26H32N4OS.C2H4/c1-17(2)31-25-12-10-20(13-21(25)15-28)26-29-16-22(32-26)7-5-6-8-23-18(3)9-11-24(23)30-19(4)14-27;1-2/h5-6,8,10,12-13,16-18,24,30H,4,7,9,11,14,27H2,1-3H3;1-2H2/b6-5-,23-8+;. The zero-order valence-corrected chi connectivity index (χ0v) is 21.3. The van der Waals surface area contributed by atoms with E-state index < -0.39 is 0 Å². The minimum atomic E-state index is 0.0268. The third kappa shape index (κ3) is 7.44. The molecule has 1 aromatic heterocycles. The Morgan fingerprint density at radius 1 is 1.38 bits per heavy atom. The van der Waals surface area contributed by atoms with Gasteiger partial charge in [-0.15, -0.1) is 24.5 Å². The lowest BCUT2D eigenvalue weighted by Crippen LogP contribution is -2.30. The number of benzene rings is 1. The molecule has 0 aliphatic heterocycles. The van der Waals surface area contributed by atoms with Gasteiger partial charge in [-0.25, -0.2) is 4.98 Å². The normalized spacial score (nSPS) is 18.5. The highest BCUT2D eigenvalue weighted by Gasteiger charge is 2.26. The number of nitrogens with two attached hydrogens (primary N) is 1. The summed E-state index contributed by atoms with van der Waals surface area (Å²) in [6, 6.07) is 8.23. The number of rotatable bonds is 9. The molecule has 2 aromatic rings. The van der Waals surface area contributed by atoms with Gasteiger partial charge in [-0.1, -0.05) is 31.7 Å². The largest absolute Gasteiger partial charge is 0.490 e. The first-order valence-electron chi connectivity index (χ1n) is 11.6. The lowest BCUT2D eigenvalue weighted by atomic mass is 10.0. The van der Waals surface area contributed by atoms with Crippen molar-refractivity contribution in [2.75, 3.05) is 6.54 Å². The van der Waals surface area contributed by atoms with Crippen LogP contribution in [0.5, 0.6) is 5.75 Å². The van der Waals surface area contributed by atoms with Crippen molar-refractivity contribution < 1.29 is 4.74 Å². The van der Waals surface area contributed by atoms with Gasteiger partial charge in [-0.3, -0.25) is 0 Å². The maximum absolute atomic E-state index is 9.46. The van der Waals surface area contributed by atoms with Gasteiger partial charge in [0, 0.05) is 41.3 Å². The maximum Gasteiger partial charge on any atom is 0.137 e. The van der Waals surface area contributed by atoms with Gasteiger partial charge in [0.05, 0.1) is 11.7 Å². The Morgan fingerprint density at radius 2 is 2.15 bits per heavy atom. The number of nitriles is 1. The topological polar surface area (TPSA) is 84.0 Å². The second kappa shape index (κ2) is 13.5. The molecule has 0 bridgehead atoms. The fraction of sp³-hybridized carbons (Fsp3) is 0.357. The van der Waals surface area contributed by atoms with E-state index in [1.807, 2.05) is 38.2 Å². The number of thiazole rings is 1. The molecule has 0 spiro atoms. The third-order valence-corrected chi connectivity index (χ3v) is 6.56. The summed E-state index contributed by atoms with van der Waals surface area (Å²) >= 11 is 1.65. The highest BCUT2D eigenvalue weighted by Crippen LogP contribution is 2.32. The molecule has 34 heavy (non-hydrogen) atoms. The average Bonchev–Trinajstić information content (AvgIpc) is 3.45. The number of ether oxygens (including phenoxy) is 1. The fourth-order valence-corrected chi connectivity index (χ4v) is 4.72. The Balaban J connectivity index is 0.00000199. The van der Waals surface area contributed by atoms with Crippen LogP contribution in [0.2, 0.25) is 0 Å². The molecular formula is C28H36N4OS. The molecule has 0 amide bonds. The number of nitrogens with one attached hydrogen (secondary N) is 1. The average molecular weight is 477 g/mol. The molecule has 3 rings (SSSR count). The van der Waals surface area contributed by atoms with E-state index in [9.17, 15) is 5.26 Å². The summed E-state index contributed by atoms with van der Waals surface area (Å²) in [6.07, 6.45) is 11.6. The minimum absolute atomic E-state index is 0.0268. The molecule has 1 aromatic carbocycles. The molecule has 0 radical (unpaired) electrons. The lowest BCUT2D eigenvalue weighted by Gasteiger charge is -2.18. The van der Waals surface area contributed by atoms with E-state index in [4.69, 9.17) is 10.5 Å². The highest BCUT2D eigenvalue weighted by atomic mass is 32.1. The van der Waals surface area contributed by atoms with Crippen LogP contribution < -0.4 is 15.8 Å². The van der Waals surface area contributed by atoms with Crippen molar-refractivity contribution in [2.24, 2.45) is 11.7 Å². The summed E-state index contributed by atoms with van der Waals surface area (Å²) in [5, 5.41) is 13.8. The highest BCUT2D eigenvalue weighted by molar-refractivity contribution is 7.15. The number of nitrogens with zero attached hydrogens (tertiary/aromatic N) is 2. The Hall–Kier alpha value is -3.14. The zero-order valence-electron chi connectivity index (χ0n) is 20.5. The molecule has 6 heteroatoms. The number of allylic oxidation sites excluding steroid dienone is 3. The summed E-state index contributed by atoms with van der Waals surface area (Å²) < 4.78 is 5.71. The number of hydrogen-bond acceptors (Lipinski definition) is 6. The van der Waals surface area contributed by atoms with Gasteiger partial charge < -0.3 is 15.8 Å². The summed E-state index contributed by atoms with van der Waals surface area (Å²) in [4.78, 5) is 5.74. The Kier molecular flexibility index (Phi) is 10.8. The maximum atomic E-state index is 9.46. The van der Waals surface area contributed by atoms with Crippen molar-refractivity contribution in [1.82, 2.24) is 10.3 Å². The third-order valence-electron chi connectivity index (χ3n) is 5.49. The predicted octanol–water partition coefficient (Wildman–Crippen LogP) is 6.16. The van der Waals surface area contributed by atoms with Gasteiger partial charge in [0.2, 0.25) is 0 Å².